The van der Waals surface area contributed by atoms with Crippen LogP contribution in [0, 0.1) is 0 Å². The molecule has 4 rings (SSSR count). The molecule has 1 aliphatic heterocycles. The Bertz CT molecular complexity index is 1010. The molecule has 0 spiro atoms. The maximum absolute atomic E-state index is 5.90. The zero-order valence-electron chi connectivity index (χ0n) is 18.4. The molecule has 3 aromatic rings. The van der Waals surface area contributed by atoms with Crippen molar-refractivity contribution in [2.75, 3.05) is 50.9 Å². The number of methoxy groups -OCH3 is 1. The maximum Gasteiger partial charge on any atom is 0.222 e. The third-order valence-corrected chi connectivity index (χ3v) is 5.55. The summed E-state index contributed by atoms with van der Waals surface area (Å²) in [5.74, 6) is 1.81. The van der Waals surface area contributed by atoms with Crippen LogP contribution in [0.3, 0.4) is 0 Å². The van der Waals surface area contributed by atoms with E-state index < -0.39 is 0 Å². The zero-order valence-corrected chi connectivity index (χ0v) is 18.4. The smallest absolute Gasteiger partial charge is 0.222 e. The van der Waals surface area contributed by atoms with Crippen molar-refractivity contribution in [3.05, 3.63) is 35.5 Å². The molecule has 9 heteroatoms. The van der Waals surface area contributed by atoms with Crippen LogP contribution >= 0.6 is 0 Å². The van der Waals surface area contributed by atoms with E-state index in [-0.39, 0.29) is 5.95 Å². The fourth-order valence-electron chi connectivity index (χ4n) is 3.88. The highest BCUT2D eigenvalue weighted by Gasteiger charge is 2.14. The van der Waals surface area contributed by atoms with Gasteiger partial charge < -0.3 is 21.1 Å². The number of nitrogen functional groups attached to an aromatic ring is 1. The van der Waals surface area contributed by atoms with Crippen LogP contribution in [0.15, 0.2) is 24.4 Å². The molecule has 0 radical (unpaired) electrons. The van der Waals surface area contributed by atoms with Crippen LogP contribution < -0.4 is 21.1 Å². The zero-order chi connectivity index (χ0) is 21.6. The fraction of sp³-hybridized carbons (Fsp3) is 0.500. The maximum atomic E-state index is 5.90. The monoisotopic (exact) mass is 424 g/mol. The number of nitrogens with zero attached hydrogens (tertiary/aromatic N) is 5. The van der Waals surface area contributed by atoms with Gasteiger partial charge in [-0.3, -0.25) is 9.58 Å². The first-order chi connectivity index (χ1) is 15.2. The molecule has 9 nitrogen and oxygen atoms in total. The molecular weight excluding hydrogens is 392 g/mol. The van der Waals surface area contributed by atoms with Crippen molar-refractivity contribution in [1.29, 1.82) is 0 Å². The van der Waals surface area contributed by atoms with E-state index in [1.54, 1.807) is 7.11 Å². The predicted molar refractivity (Wildman–Crippen MR) is 123 cm³/mol. The molecule has 2 aromatic heterocycles. The quantitative estimate of drug-likeness (QED) is 0.448. The molecule has 0 amide bonds. The standard InChI is InChI=1S/C22H32N8O/c1-3-4-7-25-21-20-18(26-22(23)27-21)15-30(28-20)14-17-6-5-16(12-19(17)31-2)13-29-10-8-24-9-11-29/h5-6,12,15,24H,3-4,7-11,13-14H2,1-2H3,(H3,23,25,26,27). The molecule has 4 N–H and O–H groups in total. The number of fused-ring (bicyclic) bond motifs is 1. The van der Waals surface area contributed by atoms with Crippen molar-refractivity contribution in [1.82, 2.24) is 30.0 Å². The number of rotatable bonds is 9. The van der Waals surface area contributed by atoms with E-state index in [1.807, 2.05) is 10.9 Å². The molecule has 1 fully saturated rings. The number of piperazine rings is 1. The number of ether oxygens (including phenoxy) is 1. The molecule has 31 heavy (non-hydrogen) atoms. The minimum atomic E-state index is 0.251. The van der Waals surface area contributed by atoms with Crippen molar-refractivity contribution in [2.45, 2.75) is 32.9 Å². The molecule has 1 aliphatic rings. The van der Waals surface area contributed by atoms with E-state index in [0.29, 0.717) is 12.4 Å². The Morgan fingerprint density at radius 2 is 2.03 bits per heavy atom. The van der Waals surface area contributed by atoms with Gasteiger partial charge >= 0.3 is 0 Å². The largest absolute Gasteiger partial charge is 0.496 e. The summed E-state index contributed by atoms with van der Waals surface area (Å²) in [7, 11) is 1.72. The van der Waals surface area contributed by atoms with E-state index in [2.05, 4.69) is 50.6 Å². The summed E-state index contributed by atoms with van der Waals surface area (Å²) in [5, 5.41) is 11.5. The summed E-state index contributed by atoms with van der Waals surface area (Å²) in [5.41, 5.74) is 9.70. The second-order valence-corrected chi connectivity index (χ2v) is 7.94. The Morgan fingerprint density at radius 1 is 1.19 bits per heavy atom. The lowest BCUT2D eigenvalue weighted by atomic mass is 10.1. The van der Waals surface area contributed by atoms with E-state index >= 15 is 0 Å². The van der Waals surface area contributed by atoms with Crippen molar-refractivity contribution in [2.24, 2.45) is 0 Å². The summed E-state index contributed by atoms with van der Waals surface area (Å²) >= 11 is 0. The number of nitrogens with one attached hydrogen (secondary N) is 2. The summed E-state index contributed by atoms with van der Waals surface area (Å²) in [4.78, 5) is 11.1. The molecule has 1 saturated heterocycles. The van der Waals surface area contributed by atoms with Gasteiger partial charge in [-0.25, -0.2) is 4.98 Å². The van der Waals surface area contributed by atoms with Gasteiger partial charge in [0.1, 0.15) is 11.3 Å². The van der Waals surface area contributed by atoms with Crippen molar-refractivity contribution >= 4 is 22.8 Å². The predicted octanol–water partition coefficient (Wildman–Crippen LogP) is 2.08. The van der Waals surface area contributed by atoms with Crippen LogP contribution in [0.1, 0.15) is 30.9 Å². The molecule has 0 aliphatic carbocycles. The number of nitrogens with two attached hydrogens (primary N) is 1. The summed E-state index contributed by atoms with van der Waals surface area (Å²) in [6.07, 6.45) is 4.08. The number of aromatic nitrogens is 4. The highest BCUT2D eigenvalue weighted by atomic mass is 16.5. The molecule has 0 atom stereocenters. The Hall–Kier alpha value is -2.91. The molecule has 1 aromatic carbocycles. The minimum absolute atomic E-state index is 0.251. The van der Waals surface area contributed by atoms with Crippen molar-refractivity contribution < 1.29 is 4.74 Å². The van der Waals surface area contributed by atoms with Crippen LogP contribution in [-0.2, 0) is 13.1 Å². The second kappa shape index (κ2) is 9.93. The van der Waals surface area contributed by atoms with Gasteiger partial charge in [0, 0.05) is 44.8 Å². The lowest BCUT2D eigenvalue weighted by molar-refractivity contribution is 0.233. The highest BCUT2D eigenvalue weighted by Crippen LogP contribution is 2.24. The molecule has 3 heterocycles. The lowest BCUT2D eigenvalue weighted by Gasteiger charge is -2.27. The Kier molecular flexibility index (Phi) is 6.83. The summed E-state index contributed by atoms with van der Waals surface area (Å²) in [6.45, 7) is 8.74. The Labute approximate surface area is 183 Å². The normalized spacial score (nSPS) is 14.8. The number of anilines is 2. The van der Waals surface area contributed by atoms with Crippen molar-refractivity contribution in [3.63, 3.8) is 0 Å². The first kappa shape index (κ1) is 21.3. The van der Waals surface area contributed by atoms with Crippen molar-refractivity contribution in [3.8, 4) is 5.75 Å². The first-order valence-electron chi connectivity index (χ1n) is 11.0. The van der Waals surface area contributed by atoms with Gasteiger partial charge in [0.25, 0.3) is 0 Å². The topological polar surface area (TPSA) is 106 Å². The number of hydrogen-bond acceptors (Lipinski definition) is 8. The van der Waals surface area contributed by atoms with Gasteiger partial charge in [-0.15, -0.1) is 0 Å². The number of unbranched alkanes of at least 4 members (excludes halogenated alkanes) is 1. The minimum Gasteiger partial charge on any atom is -0.496 e. The van der Waals surface area contributed by atoms with Gasteiger partial charge in [-0.1, -0.05) is 25.5 Å². The van der Waals surface area contributed by atoms with Gasteiger partial charge in [-0.2, -0.15) is 10.1 Å². The van der Waals surface area contributed by atoms with Gasteiger partial charge in [0.2, 0.25) is 5.95 Å². The van der Waals surface area contributed by atoms with Gasteiger partial charge in [0.05, 0.1) is 19.9 Å². The summed E-state index contributed by atoms with van der Waals surface area (Å²) in [6, 6.07) is 6.44. The molecule has 0 unspecified atom stereocenters. The second-order valence-electron chi connectivity index (χ2n) is 7.94. The van der Waals surface area contributed by atoms with Crippen LogP contribution in [0.4, 0.5) is 11.8 Å². The average molecular weight is 425 g/mol. The van der Waals surface area contributed by atoms with Gasteiger partial charge in [-0.05, 0) is 18.1 Å². The van der Waals surface area contributed by atoms with Crippen LogP contribution in [0.5, 0.6) is 5.75 Å². The highest BCUT2D eigenvalue weighted by molar-refractivity contribution is 5.85. The van der Waals surface area contributed by atoms with Gasteiger partial charge in [0.15, 0.2) is 11.3 Å². The third kappa shape index (κ3) is 5.23. The molecule has 0 bridgehead atoms. The average Bonchev–Trinajstić information content (AvgIpc) is 3.18. The first-order valence-corrected chi connectivity index (χ1v) is 11.0. The molecule has 166 valence electrons. The SMILES string of the molecule is CCCCNc1nc(N)nc2cn(Cc3ccc(CN4CCNCC4)cc3OC)nc12. The third-order valence-electron chi connectivity index (χ3n) is 5.55. The fourth-order valence-corrected chi connectivity index (χ4v) is 3.88. The molecular formula is C22H32N8O. The lowest BCUT2D eigenvalue weighted by Crippen LogP contribution is -2.42. The van der Waals surface area contributed by atoms with Crippen LogP contribution in [-0.4, -0.2) is 64.5 Å². The number of benzene rings is 1. The Balaban J connectivity index is 1.53. The van der Waals surface area contributed by atoms with E-state index in [1.165, 1.54) is 5.56 Å². The molecule has 0 saturated carbocycles. The van der Waals surface area contributed by atoms with Crippen LogP contribution in [0.25, 0.3) is 11.0 Å². The van der Waals surface area contributed by atoms with E-state index in [9.17, 15) is 0 Å². The van der Waals surface area contributed by atoms with E-state index in [0.717, 1.165) is 74.5 Å². The van der Waals surface area contributed by atoms with Crippen LogP contribution in [0.2, 0.25) is 0 Å². The van der Waals surface area contributed by atoms with E-state index in [4.69, 9.17) is 15.6 Å². The summed E-state index contributed by atoms with van der Waals surface area (Å²) < 4.78 is 7.57. The number of hydrogen-bond donors (Lipinski definition) is 3. The Morgan fingerprint density at radius 3 is 2.81 bits per heavy atom.